The molecule has 0 amide bonds. The summed E-state index contributed by atoms with van der Waals surface area (Å²) in [5.74, 6) is -0.233. The van der Waals surface area contributed by atoms with Crippen LogP contribution in [0.1, 0.15) is 34.1 Å². The standard InChI is InChI=1S/C10H8N2O3S/c13-10(14)6-3-11-15-8(6)7-4-16-9(12-7)5-1-2-5/h3-5H,1-2H2,(H,13,14). The van der Waals surface area contributed by atoms with E-state index in [0.717, 1.165) is 5.01 Å². The molecule has 82 valence electrons. The van der Waals surface area contributed by atoms with Crippen molar-refractivity contribution in [3.63, 3.8) is 0 Å². The number of aromatic carboxylic acids is 1. The molecule has 2 aromatic heterocycles. The topological polar surface area (TPSA) is 76.2 Å². The Bertz CT molecular complexity index is 542. The predicted molar refractivity (Wildman–Crippen MR) is 56.5 cm³/mol. The Labute approximate surface area is 94.7 Å². The highest BCUT2D eigenvalue weighted by Crippen LogP contribution is 2.42. The Hall–Kier alpha value is -1.69. The third-order valence-corrected chi connectivity index (χ3v) is 3.49. The second-order valence-corrected chi connectivity index (χ2v) is 4.61. The van der Waals surface area contributed by atoms with E-state index in [1.54, 1.807) is 11.3 Å². The van der Waals surface area contributed by atoms with Gasteiger partial charge >= 0.3 is 5.97 Å². The lowest BCUT2D eigenvalue weighted by Crippen LogP contribution is -1.96. The number of nitrogens with zero attached hydrogens (tertiary/aromatic N) is 2. The first-order chi connectivity index (χ1) is 7.75. The van der Waals surface area contributed by atoms with Crippen molar-refractivity contribution < 1.29 is 14.4 Å². The Balaban J connectivity index is 2.00. The third kappa shape index (κ3) is 1.51. The molecular formula is C10H8N2O3S. The summed E-state index contributed by atoms with van der Waals surface area (Å²) < 4.78 is 4.94. The Morgan fingerprint density at radius 1 is 1.56 bits per heavy atom. The van der Waals surface area contributed by atoms with Gasteiger partial charge in [0.25, 0.3) is 0 Å². The van der Waals surface area contributed by atoms with E-state index in [0.29, 0.717) is 11.6 Å². The summed E-state index contributed by atoms with van der Waals surface area (Å²) in [7, 11) is 0. The number of hydrogen-bond donors (Lipinski definition) is 1. The molecule has 1 saturated carbocycles. The van der Waals surface area contributed by atoms with Crippen LogP contribution in [0.15, 0.2) is 16.1 Å². The van der Waals surface area contributed by atoms with Crippen molar-refractivity contribution in [2.24, 2.45) is 0 Å². The molecule has 1 fully saturated rings. The van der Waals surface area contributed by atoms with Crippen LogP contribution in [0.2, 0.25) is 0 Å². The largest absolute Gasteiger partial charge is 0.477 e. The molecule has 6 heteroatoms. The van der Waals surface area contributed by atoms with Crippen LogP contribution < -0.4 is 0 Å². The molecule has 3 rings (SSSR count). The molecule has 1 aliphatic carbocycles. The van der Waals surface area contributed by atoms with Crippen LogP contribution in [0.3, 0.4) is 0 Å². The van der Waals surface area contributed by atoms with E-state index >= 15 is 0 Å². The molecule has 16 heavy (non-hydrogen) atoms. The summed E-state index contributed by atoms with van der Waals surface area (Å²) in [5, 5.41) is 15.3. The van der Waals surface area contributed by atoms with Crippen molar-refractivity contribution in [1.29, 1.82) is 0 Å². The van der Waals surface area contributed by atoms with Gasteiger partial charge in [-0.25, -0.2) is 9.78 Å². The number of carbonyl (C=O) groups is 1. The van der Waals surface area contributed by atoms with E-state index < -0.39 is 5.97 Å². The fraction of sp³-hybridized carbons (Fsp3) is 0.300. The third-order valence-electron chi connectivity index (χ3n) is 2.48. The number of carboxylic acids is 1. The monoisotopic (exact) mass is 236 g/mol. The van der Waals surface area contributed by atoms with Gasteiger partial charge in [0.05, 0.1) is 11.2 Å². The van der Waals surface area contributed by atoms with Crippen LogP contribution >= 0.6 is 11.3 Å². The van der Waals surface area contributed by atoms with Gasteiger partial charge in [-0.2, -0.15) is 0 Å². The number of rotatable bonds is 3. The van der Waals surface area contributed by atoms with Crippen LogP contribution in [-0.4, -0.2) is 21.2 Å². The number of hydrogen-bond acceptors (Lipinski definition) is 5. The van der Waals surface area contributed by atoms with Gasteiger partial charge in [-0.3, -0.25) is 0 Å². The van der Waals surface area contributed by atoms with E-state index in [1.165, 1.54) is 19.0 Å². The second kappa shape index (κ2) is 3.41. The first-order valence-electron chi connectivity index (χ1n) is 4.89. The van der Waals surface area contributed by atoms with Crippen molar-refractivity contribution in [1.82, 2.24) is 10.1 Å². The molecule has 1 N–H and O–H groups in total. The summed E-state index contributed by atoms with van der Waals surface area (Å²) >= 11 is 1.55. The average molecular weight is 236 g/mol. The smallest absolute Gasteiger partial charge is 0.341 e. The highest BCUT2D eigenvalue weighted by molar-refractivity contribution is 7.10. The molecule has 0 aliphatic heterocycles. The first-order valence-corrected chi connectivity index (χ1v) is 5.77. The fourth-order valence-electron chi connectivity index (χ4n) is 1.49. The molecule has 2 heterocycles. The fourth-order valence-corrected chi connectivity index (χ4v) is 2.46. The zero-order chi connectivity index (χ0) is 11.1. The average Bonchev–Trinajstić information content (AvgIpc) is 2.83. The Kier molecular flexibility index (Phi) is 2.03. The number of carboxylic acid groups (broad SMARTS) is 1. The van der Waals surface area contributed by atoms with Crippen LogP contribution in [0, 0.1) is 0 Å². The maximum Gasteiger partial charge on any atom is 0.341 e. The van der Waals surface area contributed by atoms with Crippen LogP contribution in [0.5, 0.6) is 0 Å². The Morgan fingerprint density at radius 2 is 2.38 bits per heavy atom. The van der Waals surface area contributed by atoms with Gasteiger partial charge in [-0.1, -0.05) is 5.16 Å². The molecular weight excluding hydrogens is 228 g/mol. The summed E-state index contributed by atoms with van der Waals surface area (Å²) in [5.41, 5.74) is 0.634. The van der Waals surface area contributed by atoms with Gasteiger partial charge in [-0.05, 0) is 12.8 Å². The summed E-state index contributed by atoms with van der Waals surface area (Å²) in [6.45, 7) is 0. The minimum Gasteiger partial charge on any atom is -0.477 e. The van der Waals surface area contributed by atoms with E-state index in [9.17, 15) is 4.79 Å². The lowest BCUT2D eigenvalue weighted by Gasteiger charge is -1.91. The molecule has 0 unspecified atom stereocenters. The first kappa shape index (κ1) is 9.53. The van der Waals surface area contributed by atoms with E-state index in [2.05, 4.69) is 10.1 Å². The predicted octanol–water partition coefficient (Wildman–Crippen LogP) is 2.37. The zero-order valence-electron chi connectivity index (χ0n) is 8.21. The molecule has 1 aliphatic rings. The zero-order valence-corrected chi connectivity index (χ0v) is 9.03. The minimum atomic E-state index is -1.04. The van der Waals surface area contributed by atoms with E-state index in [-0.39, 0.29) is 11.3 Å². The van der Waals surface area contributed by atoms with Gasteiger partial charge in [0.15, 0.2) is 0 Å². The highest BCUT2D eigenvalue weighted by atomic mass is 32.1. The Morgan fingerprint density at radius 3 is 3.06 bits per heavy atom. The van der Waals surface area contributed by atoms with Crippen LogP contribution in [0.25, 0.3) is 11.5 Å². The summed E-state index contributed by atoms with van der Waals surface area (Å²) in [6.07, 6.45) is 3.55. The minimum absolute atomic E-state index is 0.0626. The van der Waals surface area contributed by atoms with Gasteiger partial charge in [-0.15, -0.1) is 11.3 Å². The van der Waals surface area contributed by atoms with Gasteiger partial charge in [0, 0.05) is 11.3 Å². The molecule has 2 aromatic rings. The van der Waals surface area contributed by atoms with Crippen molar-refractivity contribution in [2.75, 3.05) is 0 Å². The molecule has 5 nitrogen and oxygen atoms in total. The number of aromatic nitrogens is 2. The molecule has 0 saturated heterocycles. The van der Waals surface area contributed by atoms with E-state index in [4.69, 9.17) is 9.63 Å². The maximum absolute atomic E-state index is 10.9. The van der Waals surface area contributed by atoms with Gasteiger partial charge in [0.2, 0.25) is 5.76 Å². The van der Waals surface area contributed by atoms with E-state index in [1.807, 2.05) is 5.38 Å². The van der Waals surface area contributed by atoms with Crippen molar-refractivity contribution in [3.05, 3.63) is 22.1 Å². The summed E-state index contributed by atoms with van der Waals surface area (Å²) in [4.78, 5) is 15.3. The molecule has 0 bridgehead atoms. The van der Waals surface area contributed by atoms with Crippen LogP contribution in [-0.2, 0) is 0 Å². The summed E-state index contributed by atoms with van der Waals surface area (Å²) in [6, 6.07) is 0. The van der Waals surface area contributed by atoms with Crippen LogP contribution in [0.4, 0.5) is 0 Å². The van der Waals surface area contributed by atoms with Crippen molar-refractivity contribution >= 4 is 17.3 Å². The molecule has 0 atom stereocenters. The van der Waals surface area contributed by atoms with Crippen molar-refractivity contribution in [3.8, 4) is 11.5 Å². The SMILES string of the molecule is O=C(O)c1cnoc1-c1csc(C2CC2)n1. The van der Waals surface area contributed by atoms with Crippen molar-refractivity contribution in [2.45, 2.75) is 18.8 Å². The lowest BCUT2D eigenvalue weighted by molar-refractivity contribution is 0.0697. The maximum atomic E-state index is 10.9. The van der Waals surface area contributed by atoms with Gasteiger partial charge in [0.1, 0.15) is 11.3 Å². The molecule has 0 spiro atoms. The normalized spacial score (nSPS) is 15.2. The molecule has 0 radical (unpaired) electrons. The number of thiazole rings is 1. The quantitative estimate of drug-likeness (QED) is 0.885. The highest BCUT2D eigenvalue weighted by Gasteiger charge is 2.28. The second-order valence-electron chi connectivity index (χ2n) is 3.72. The lowest BCUT2D eigenvalue weighted by atomic mass is 10.2. The molecule has 0 aromatic carbocycles. The van der Waals surface area contributed by atoms with Gasteiger partial charge < -0.3 is 9.63 Å².